The summed E-state index contributed by atoms with van der Waals surface area (Å²) in [5, 5.41) is 0.239. The number of para-hydroxylation sites is 1. The van der Waals surface area contributed by atoms with Crippen LogP contribution < -0.4 is 10.5 Å². The molecule has 0 bridgehead atoms. The number of methoxy groups -OCH3 is 1. The molecule has 0 atom stereocenters. The molecule has 17 heavy (non-hydrogen) atoms. The van der Waals surface area contributed by atoms with E-state index in [1.807, 2.05) is 0 Å². The van der Waals surface area contributed by atoms with E-state index < -0.39 is 5.82 Å². The highest BCUT2D eigenvalue weighted by Gasteiger charge is 2.12. The van der Waals surface area contributed by atoms with Crippen LogP contribution in [0.25, 0.3) is 11.1 Å². The Morgan fingerprint density at radius 2 is 1.88 bits per heavy atom. The molecule has 0 radical (unpaired) electrons. The first-order valence-corrected chi connectivity index (χ1v) is 5.39. The average molecular weight is 252 g/mol. The minimum atomic E-state index is -0.422. The first kappa shape index (κ1) is 11.7. The van der Waals surface area contributed by atoms with E-state index in [1.54, 1.807) is 30.3 Å². The third-order valence-corrected chi connectivity index (χ3v) is 2.79. The second-order valence-corrected chi connectivity index (χ2v) is 3.96. The second-order valence-electron chi connectivity index (χ2n) is 3.55. The third-order valence-electron chi connectivity index (χ3n) is 2.49. The number of rotatable bonds is 2. The quantitative estimate of drug-likeness (QED) is 0.826. The largest absolute Gasteiger partial charge is 0.495 e. The van der Waals surface area contributed by atoms with E-state index in [1.165, 1.54) is 13.2 Å². The van der Waals surface area contributed by atoms with Crippen LogP contribution in [0.5, 0.6) is 5.75 Å². The average Bonchev–Trinajstić information content (AvgIpc) is 2.31. The monoisotopic (exact) mass is 251 g/mol. The van der Waals surface area contributed by atoms with Crippen LogP contribution >= 0.6 is 11.6 Å². The lowest BCUT2D eigenvalue weighted by atomic mass is 10.0. The van der Waals surface area contributed by atoms with Gasteiger partial charge in [-0.1, -0.05) is 29.8 Å². The van der Waals surface area contributed by atoms with Gasteiger partial charge in [-0.25, -0.2) is 4.39 Å². The second kappa shape index (κ2) is 4.63. The van der Waals surface area contributed by atoms with Gasteiger partial charge in [-0.15, -0.1) is 0 Å². The van der Waals surface area contributed by atoms with Crippen LogP contribution in [0.15, 0.2) is 36.4 Å². The SMILES string of the molecule is COc1cc(-c2ccccc2N)c(F)cc1Cl. The van der Waals surface area contributed by atoms with Crippen LogP contribution in [-0.2, 0) is 0 Å². The van der Waals surface area contributed by atoms with E-state index in [4.69, 9.17) is 22.1 Å². The van der Waals surface area contributed by atoms with E-state index in [2.05, 4.69) is 0 Å². The van der Waals surface area contributed by atoms with Crippen LogP contribution in [0, 0.1) is 5.82 Å². The molecule has 0 amide bonds. The summed E-state index contributed by atoms with van der Waals surface area (Å²) in [5.41, 5.74) is 7.32. The van der Waals surface area contributed by atoms with Gasteiger partial charge in [0.05, 0.1) is 12.1 Å². The molecule has 2 N–H and O–H groups in total. The lowest BCUT2D eigenvalue weighted by molar-refractivity contribution is 0.414. The Bertz CT molecular complexity index is 557. The number of anilines is 1. The normalized spacial score (nSPS) is 10.3. The van der Waals surface area contributed by atoms with Crippen molar-refractivity contribution in [3.05, 3.63) is 47.2 Å². The highest BCUT2D eigenvalue weighted by atomic mass is 35.5. The molecule has 0 fully saturated rings. The summed E-state index contributed by atoms with van der Waals surface area (Å²) in [6, 6.07) is 9.83. The maximum absolute atomic E-state index is 13.8. The summed E-state index contributed by atoms with van der Waals surface area (Å²) < 4.78 is 18.9. The summed E-state index contributed by atoms with van der Waals surface area (Å²) in [4.78, 5) is 0. The number of halogens is 2. The van der Waals surface area contributed by atoms with Gasteiger partial charge in [-0.2, -0.15) is 0 Å². The van der Waals surface area contributed by atoms with Crippen molar-refractivity contribution in [3.8, 4) is 16.9 Å². The lowest BCUT2D eigenvalue weighted by Gasteiger charge is -2.10. The highest BCUT2D eigenvalue weighted by molar-refractivity contribution is 6.32. The van der Waals surface area contributed by atoms with Gasteiger partial charge in [0.15, 0.2) is 0 Å². The van der Waals surface area contributed by atoms with E-state index in [0.29, 0.717) is 22.6 Å². The molecule has 0 saturated carbocycles. The zero-order valence-electron chi connectivity index (χ0n) is 9.21. The minimum Gasteiger partial charge on any atom is -0.495 e. The molecule has 0 spiro atoms. The molecule has 2 nitrogen and oxygen atoms in total. The van der Waals surface area contributed by atoms with Crippen LogP contribution in [0.2, 0.25) is 5.02 Å². The Morgan fingerprint density at radius 1 is 1.18 bits per heavy atom. The van der Waals surface area contributed by atoms with Crippen molar-refractivity contribution >= 4 is 17.3 Å². The topological polar surface area (TPSA) is 35.2 Å². The summed E-state index contributed by atoms with van der Waals surface area (Å²) in [7, 11) is 1.48. The van der Waals surface area contributed by atoms with Crippen molar-refractivity contribution in [3.63, 3.8) is 0 Å². The van der Waals surface area contributed by atoms with Crippen LogP contribution in [0.3, 0.4) is 0 Å². The molecule has 0 aromatic heterocycles. The molecule has 2 aromatic rings. The molecule has 0 saturated heterocycles. The van der Waals surface area contributed by atoms with Crippen molar-refractivity contribution in [1.29, 1.82) is 0 Å². The first-order valence-electron chi connectivity index (χ1n) is 5.01. The third kappa shape index (κ3) is 2.19. The zero-order valence-corrected chi connectivity index (χ0v) is 9.96. The van der Waals surface area contributed by atoms with Crippen LogP contribution in [0.1, 0.15) is 0 Å². The number of hydrogen-bond donors (Lipinski definition) is 1. The molecule has 88 valence electrons. The summed E-state index contributed by atoms with van der Waals surface area (Å²) in [6.07, 6.45) is 0. The molecule has 0 aliphatic heterocycles. The Hall–Kier alpha value is -1.74. The van der Waals surface area contributed by atoms with Gasteiger partial charge in [0.25, 0.3) is 0 Å². The fraction of sp³-hybridized carbons (Fsp3) is 0.0769. The zero-order chi connectivity index (χ0) is 12.4. The molecule has 0 aliphatic carbocycles. The maximum atomic E-state index is 13.8. The summed E-state index contributed by atoms with van der Waals surface area (Å²) in [6.45, 7) is 0. The fourth-order valence-corrected chi connectivity index (χ4v) is 1.86. The number of ether oxygens (including phenoxy) is 1. The Morgan fingerprint density at radius 3 is 2.53 bits per heavy atom. The van der Waals surface area contributed by atoms with Crippen molar-refractivity contribution in [2.45, 2.75) is 0 Å². The van der Waals surface area contributed by atoms with Gasteiger partial charge in [0.2, 0.25) is 0 Å². The van der Waals surface area contributed by atoms with Gasteiger partial charge in [0, 0.05) is 16.8 Å². The molecule has 4 heteroatoms. The Balaban J connectivity index is 2.64. The van der Waals surface area contributed by atoms with Gasteiger partial charge in [0.1, 0.15) is 11.6 Å². The number of nitrogen functional groups attached to an aromatic ring is 1. The van der Waals surface area contributed by atoms with E-state index in [9.17, 15) is 4.39 Å². The number of hydrogen-bond acceptors (Lipinski definition) is 2. The van der Waals surface area contributed by atoms with Gasteiger partial charge >= 0.3 is 0 Å². The summed E-state index contributed by atoms with van der Waals surface area (Å²) >= 11 is 5.83. The van der Waals surface area contributed by atoms with E-state index in [-0.39, 0.29) is 5.02 Å². The van der Waals surface area contributed by atoms with Crippen LogP contribution in [0.4, 0.5) is 10.1 Å². The van der Waals surface area contributed by atoms with Crippen molar-refractivity contribution in [1.82, 2.24) is 0 Å². The molecule has 0 heterocycles. The van der Waals surface area contributed by atoms with Crippen molar-refractivity contribution in [2.75, 3.05) is 12.8 Å². The predicted molar refractivity (Wildman–Crippen MR) is 67.8 cm³/mol. The maximum Gasteiger partial charge on any atom is 0.138 e. The van der Waals surface area contributed by atoms with Gasteiger partial charge < -0.3 is 10.5 Å². The molecule has 2 aromatic carbocycles. The van der Waals surface area contributed by atoms with E-state index in [0.717, 1.165) is 0 Å². The lowest BCUT2D eigenvalue weighted by Crippen LogP contribution is -1.94. The highest BCUT2D eigenvalue weighted by Crippen LogP contribution is 2.35. The molecule has 2 rings (SSSR count). The molecule has 0 aliphatic rings. The van der Waals surface area contributed by atoms with Crippen molar-refractivity contribution in [2.24, 2.45) is 0 Å². The van der Waals surface area contributed by atoms with Gasteiger partial charge in [-0.3, -0.25) is 0 Å². The van der Waals surface area contributed by atoms with Crippen molar-refractivity contribution < 1.29 is 9.13 Å². The smallest absolute Gasteiger partial charge is 0.138 e. The Kier molecular flexibility index (Phi) is 3.20. The first-order chi connectivity index (χ1) is 8.13. The molecular weight excluding hydrogens is 241 g/mol. The number of benzene rings is 2. The number of nitrogens with two attached hydrogens (primary N) is 1. The standard InChI is InChI=1S/C13H11ClFNO/c1-17-13-6-9(11(15)7-10(13)14)8-4-2-3-5-12(8)16/h2-7H,16H2,1H3. The minimum absolute atomic E-state index is 0.239. The predicted octanol–water partition coefficient (Wildman–Crippen LogP) is 3.74. The summed E-state index contributed by atoms with van der Waals surface area (Å²) in [5.74, 6) is 0.0000183. The van der Waals surface area contributed by atoms with E-state index >= 15 is 0 Å². The van der Waals surface area contributed by atoms with Gasteiger partial charge in [-0.05, 0) is 18.2 Å². The molecule has 0 unspecified atom stereocenters. The Labute approximate surface area is 104 Å². The molecular formula is C13H11ClFNO. The van der Waals surface area contributed by atoms with Crippen LogP contribution in [-0.4, -0.2) is 7.11 Å². The fourth-order valence-electron chi connectivity index (χ4n) is 1.63.